The van der Waals surface area contributed by atoms with Crippen molar-refractivity contribution in [1.29, 1.82) is 0 Å². The van der Waals surface area contributed by atoms with Crippen LogP contribution in [0.15, 0.2) is 21.3 Å². The molecule has 3 heterocycles. The summed E-state index contributed by atoms with van der Waals surface area (Å²) in [7, 11) is 3.18. The molecule has 24 heavy (non-hydrogen) atoms. The van der Waals surface area contributed by atoms with Gasteiger partial charge >= 0.3 is 5.69 Å². The first kappa shape index (κ1) is 16.1. The molecule has 0 bridgehead atoms. The first-order valence-electron chi connectivity index (χ1n) is 7.17. The van der Waals surface area contributed by atoms with E-state index in [1.807, 2.05) is 12.3 Å². The maximum absolute atomic E-state index is 12.5. The molecular formula is C14H16N6O3S. The van der Waals surface area contributed by atoms with Gasteiger partial charge in [-0.05, 0) is 6.92 Å². The second-order valence-electron chi connectivity index (χ2n) is 5.40. The fourth-order valence-electron chi connectivity index (χ4n) is 2.41. The summed E-state index contributed by atoms with van der Waals surface area (Å²) in [6.45, 7) is 1.78. The van der Waals surface area contributed by atoms with Gasteiger partial charge in [-0.1, -0.05) is 0 Å². The molecule has 0 aliphatic carbocycles. The summed E-state index contributed by atoms with van der Waals surface area (Å²) < 4.78 is 3.70. The summed E-state index contributed by atoms with van der Waals surface area (Å²) in [6, 6.07) is 0. The monoisotopic (exact) mass is 348 g/mol. The van der Waals surface area contributed by atoms with E-state index in [0.29, 0.717) is 5.65 Å². The standard InChI is InChI=1S/C14H16N6O3S/c1-8-17-9(6-24-8)4-15-10(21)5-20-13(22)11-12(16-7-18(11)2)19(3)14(20)23/h6-7H,4-5H2,1-3H3,(H,15,21). The lowest BCUT2D eigenvalue weighted by Crippen LogP contribution is -2.43. The Morgan fingerprint density at radius 3 is 2.75 bits per heavy atom. The topological polar surface area (TPSA) is 104 Å². The number of nitrogens with zero attached hydrogens (tertiary/aromatic N) is 5. The number of thiazole rings is 1. The Balaban J connectivity index is 1.87. The number of aromatic nitrogens is 5. The van der Waals surface area contributed by atoms with Gasteiger partial charge < -0.3 is 9.88 Å². The third-order valence-corrected chi connectivity index (χ3v) is 4.46. The van der Waals surface area contributed by atoms with Crippen LogP contribution in [0.1, 0.15) is 10.7 Å². The highest BCUT2D eigenvalue weighted by Crippen LogP contribution is 2.07. The Hall–Kier alpha value is -2.75. The fourth-order valence-corrected chi connectivity index (χ4v) is 3.03. The molecule has 0 radical (unpaired) electrons. The van der Waals surface area contributed by atoms with Gasteiger partial charge in [-0.25, -0.2) is 19.3 Å². The molecule has 0 atom stereocenters. The number of rotatable bonds is 4. The van der Waals surface area contributed by atoms with Gasteiger partial charge in [0.05, 0.1) is 23.6 Å². The fraction of sp³-hybridized carbons (Fsp3) is 0.357. The molecule has 1 N–H and O–H groups in total. The number of hydrogen-bond acceptors (Lipinski definition) is 6. The Morgan fingerprint density at radius 1 is 1.33 bits per heavy atom. The van der Waals surface area contributed by atoms with Gasteiger partial charge in [0.15, 0.2) is 11.2 Å². The van der Waals surface area contributed by atoms with Crippen molar-refractivity contribution in [3.63, 3.8) is 0 Å². The van der Waals surface area contributed by atoms with E-state index < -0.39 is 17.2 Å². The molecule has 0 aromatic carbocycles. The van der Waals surface area contributed by atoms with Crippen LogP contribution in [0.25, 0.3) is 11.2 Å². The van der Waals surface area contributed by atoms with Crippen molar-refractivity contribution in [2.75, 3.05) is 0 Å². The van der Waals surface area contributed by atoms with Crippen LogP contribution < -0.4 is 16.6 Å². The van der Waals surface area contributed by atoms with Gasteiger partial charge in [-0.2, -0.15) is 0 Å². The third kappa shape index (κ3) is 2.75. The highest BCUT2D eigenvalue weighted by molar-refractivity contribution is 7.09. The molecule has 0 fully saturated rings. The van der Waals surface area contributed by atoms with Gasteiger partial charge in [0.1, 0.15) is 6.54 Å². The van der Waals surface area contributed by atoms with E-state index in [2.05, 4.69) is 15.3 Å². The number of aryl methyl sites for hydroxylation is 3. The van der Waals surface area contributed by atoms with E-state index >= 15 is 0 Å². The van der Waals surface area contributed by atoms with Crippen molar-refractivity contribution >= 4 is 28.4 Å². The van der Waals surface area contributed by atoms with Crippen molar-refractivity contribution in [2.24, 2.45) is 14.1 Å². The molecular weight excluding hydrogens is 332 g/mol. The van der Waals surface area contributed by atoms with Crippen LogP contribution in [0.2, 0.25) is 0 Å². The minimum absolute atomic E-state index is 0.256. The molecule has 0 saturated heterocycles. The first-order valence-corrected chi connectivity index (χ1v) is 8.05. The molecule has 0 aliphatic heterocycles. The molecule has 3 aromatic rings. The van der Waals surface area contributed by atoms with E-state index in [4.69, 9.17) is 0 Å². The summed E-state index contributed by atoms with van der Waals surface area (Å²) in [4.78, 5) is 45.2. The van der Waals surface area contributed by atoms with Crippen LogP contribution in [0, 0.1) is 6.92 Å². The molecule has 0 aliphatic rings. The van der Waals surface area contributed by atoms with E-state index in [1.54, 1.807) is 7.05 Å². The Morgan fingerprint density at radius 2 is 2.08 bits per heavy atom. The Bertz CT molecular complexity index is 1040. The molecule has 10 heteroatoms. The van der Waals surface area contributed by atoms with E-state index in [0.717, 1.165) is 15.3 Å². The van der Waals surface area contributed by atoms with Crippen LogP contribution in [0.3, 0.4) is 0 Å². The summed E-state index contributed by atoms with van der Waals surface area (Å²) in [5, 5.41) is 5.42. The van der Waals surface area contributed by atoms with Crippen LogP contribution in [0.4, 0.5) is 0 Å². The average molecular weight is 348 g/mol. The van der Waals surface area contributed by atoms with Crippen LogP contribution in [0.5, 0.6) is 0 Å². The molecule has 0 saturated carbocycles. The second kappa shape index (κ2) is 6.04. The minimum Gasteiger partial charge on any atom is -0.349 e. The molecule has 0 unspecified atom stereocenters. The highest BCUT2D eigenvalue weighted by atomic mass is 32.1. The first-order chi connectivity index (χ1) is 11.4. The maximum atomic E-state index is 12.5. The predicted molar refractivity (Wildman–Crippen MR) is 88.9 cm³/mol. The molecule has 3 rings (SSSR count). The number of fused-ring (bicyclic) bond motifs is 1. The average Bonchev–Trinajstić information content (AvgIpc) is 3.13. The van der Waals surface area contributed by atoms with Crippen molar-refractivity contribution in [3.8, 4) is 0 Å². The quantitative estimate of drug-likeness (QED) is 0.685. The van der Waals surface area contributed by atoms with Gasteiger partial charge in [-0.3, -0.25) is 14.2 Å². The third-order valence-electron chi connectivity index (χ3n) is 3.64. The maximum Gasteiger partial charge on any atom is 0.332 e. The number of nitrogens with one attached hydrogen (secondary N) is 1. The highest BCUT2D eigenvalue weighted by Gasteiger charge is 2.16. The second-order valence-corrected chi connectivity index (χ2v) is 6.46. The van der Waals surface area contributed by atoms with E-state index in [1.165, 1.54) is 33.8 Å². The van der Waals surface area contributed by atoms with Crippen LogP contribution >= 0.6 is 11.3 Å². The normalized spacial score (nSPS) is 11.1. The van der Waals surface area contributed by atoms with Crippen molar-refractivity contribution < 1.29 is 4.79 Å². The molecule has 3 aromatic heterocycles. The largest absolute Gasteiger partial charge is 0.349 e. The van der Waals surface area contributed by atoms with Gasteiger partial charge in [-0.15, -0.1) is 11.3 Å². The Kier molecular flexibility index (Phi) is 4.06. The smallest absolute Gasteiger partial charge is 0.332 e. The molecule has 9 nitrogen and oxygen atoms in total. The summed E-state index contributed by atoms with van der Waals surface area (Å²) in [5.41, 5.74) is 0.203. The lowest BCUT2D eigenvalue weighted by molar-refractivity contribution is -0.121. The zero-order chi connectivity index (χ0) is 17.4. The van der Waals surface area contributed by atoms with Gasteiger partial charge in [0.2, 0.25) is 5.91 Å². The molecule has 1 amide bonds. The summed E-state index contributed by atoms with van der Waals surface area (Å²) >= 11 is 1.49. The zero-order valence-electron chi connectivity index (χ0n) is 13.4. The van der Waals surface area contributed by atoms with Crippen molar-refractivity contribution in [1.82, 2.24) is 29.0 Å². The number of hydrogen-bond donors (Lipinski definition) is 1. The molecule has 126 valence electrons. The van der Waals surface area contributed by atoms with Gasteiger partial charge in [0.25, 0.3) is 5.56 Å². The lowest BCUT2D eigenvalue weighted by atomic mass is 10.4. The van der Waals surface area contributed by atoms with E-state index in [9.17, 15) is 14.4 Å². The van der Waals surface area contributed by atoms with Crippen molar-refractivity contribution in [2.45, 2.75) is 20.0 Å². The summed E-state index contributed by atoms with van der Waals surface area (Å²) in [6.07, 6.45) is 1.46. The van der Waals surface area contributed by atoms with E-state index in [-0.39, 0.29) is 18.6 Å². The number of imidazole rings is 1. The summed E-state index contributed by atoms with van der Waals surface area (Å²) in [5.74, 6) is -0.429. The van der Waals surface area contributed by atoms with Crippen LogP contribution in [-0.4, -0.2) is 29.6 Å². The predicted octanol–water partition coefficient (Wildman–Crippen LogP) is -0.485. The number of carbonyl (C=O) groups is 1. The molecule has 0 spiro atoms. The van der Waals surface area contributed by atoms with Crippen LogP contribution in [-0.2, 0) is 32.0 Å². The van der Waals surface area contributed by atoms with Gasteiger partial charge in [0, 0.05) is 19.5 Å². The zero-order valence-corrected chi connectivity index (χ0v) is 14.3. The SMILES string of the molecule is Cc1nc(CNC(=O)Cn2c(=O)c3c(ncn3C)n(C)c2=O)cs1. The Labute approximate surface area is 140 Å². The minimum atomic E-state index is -0.578. The van der Waals surface area contributed by atoms with Crippen molar-refractivity contribution in [3.05, 3.63) is 43.2 Å². The number of amides is 1. The lowest BCUT2D eigenvalue weighted by Gasteiger charge is -2.08. The number of carbonyl (C=O) groups excluding carboxylic acids is 1.